The zero-order valence-corrected chi connectivity index (χ0v) is 17.4. The first-order valence-corrected chi connectivity index (χ1v) is 10.5. The first kappa shape index (κ1) is 20.2. The van der Waals surface area contributed by atoms with Crippen LogP contribution in [0.15, 0.2) is 48.5 Å². The molecule has 0 bridgehead atoms. The fourth-order valence-corrected chi connectivity index (χ4v) is 4.27. The second-order valence-corrected chi connectivity index (χ2v) is 8.14. The van der Waals surface area contributed by atoms with E-state index in [0.717, 1.165) is 30.9 Å². The summed E-state index contributed by atoms with van der Waals surface area (Å²) in [5, 5.41) is 9.58. The molecule has 30 heavy (non-hydrogen) atoms. The Morgan fingerprint density at radius 2 is 1.67 bits per heavy atom. The molecule has 2 aliphatic heterocycles. The molecule has 4 rings (SSSR count). The third-order valence-corrected chi connectivity index (χ3v) is 6.03. The molecule has 1 unspecified atom stereocenters. The van der Waals surface area contributed by atoms with Crippen LogP contribution < -0.4 is 9.80 Å². The quantitative estimate of drug-likeness (QED) is 0.761. The van der Waals surface area contributed by atoms with E-state index in [0.29, 0.717) is 30.2 Å². The van der Waals surface area contributed by atoms with E-state index < -0.39 is 0 Å². The Labute approximate surface area is 181 Å². The third kappa shape index (κ3) is 4.27. The van der Waals surface area contributed by atoms with Crippen molar-refractivity contribution in [3.63, 3.8) is 0 Å². The third-order valence-electron chi connectivity index (χ3n) is 5.78. The van der Waals surface area contributed by atoms with E-state index in [-0.39, 0.29) is 24.2 Å². The van der Waals surface area contributed by atoms with E-state index in [2.05, 4.69) is 11.0 Å². The number of hydrogen-bond acceptors (Lipinski definition) is 4. The van der Waals surface area contributed by atoms with Gasteiger partial charge in [0.1, 0.15) is 0 Å². The Hall–Kier alpha value is -3.04. The zero-order valence-electron chi connectivity index (χ0n) is 16.6. The Bertz CT molecular complexity index is 968. The molecule has 2 fully saturated rings. The fourth-order valence-electron chi connectivity index (χ4n) is 4.14. The van der Waals surface area contributed by atoms with E-state index in [1.54, 1.807) is 17.0 Å². The number of carbonyl (C=O) groups is 2. The minimum Gasteiger partial charge on any atom is -0.370 e. The molecule has 2 aliphatic rings. The van der Waals surface area contributed by atoms with Crippen molar-refractivity contribution in [2.24, 2.45) is 5.92 Å². The molecule has 0 spiro atoms. The summed E-state index contributed by atoms with van der Waals surface area (Å²) in [6, 6.07) is 16.8. The summed E-state index contributed by atoms with van der Waals surface area (Å²) in [7, 11) is 0. The van der Waals surface area contributed by atoms with Gasteiger partial charge in [0.15, 0.2) is 0 Å². The van der Waals surface area contributed by atoms with Gasteiger partial charge in [0.05, 0.1) is 17.6 Å². The van der Waals surface area contributed by atoms with Gasteiger partial charge in [0, 0.05) is 55.5 Å². The molecule has 6 nitrogen and oxygen atoms in total. The normalized spacial score (nSPS) is 19.5. The van der Waals surface area contributed by atoms with Crippen molar-refractivity contribution in [1.82, 2.24) is 4.90 Å². The van der Waals surface area contributed by atoms with Crippen molar-refractivity contribution in [3.8, 4) is 6.07 Å². The molecule has 1 atom stereocenters. The second-order valence-electron chi connectivity index (χ2n) is 7.71. The van der Waals surface area contributed by atoms with Gasteiger partial charge < -0.3 is 14.7 Å². The lowest BCUT2D eigenvalue weighted by atomic mass is 10.1. The van der Waals surface area contributed by atoms with Crippen molar-refractivity contribution in [2.75, 3.05) is 42.5 Å². The highest BCUT2D eigenvalue weighted by Gasteiger charge is 2.37. The van der Waals surface area contributed by atoms with Gasteiger partial charge in [0.25, 0.3) is 0 Å². The molecule has 2 amide bonds. The van der Waals surface area contributed by atoms with E-state index in [1.165, 1.54) is 0 Å². The average Bonchev–Trinajstić information content (AvgIpc) is 2.99. The van der Waals surface area contributed by atoms with Crippen LogP contribution in [0, 0.1) is 17.2 Å². The second kappa shape index (κ2) is 8.76. The summed E-state index contributed by atoms with van der Waals surface area (Å²) < 4.78 is 0. The van der Waals surface area contributed by atoms with Gasteiger partial charge in [-0.15, -0.1) is 0 Å². The topological polar surface area (TPSA) is 67.6 Å². The Kier molecular flexibility index (Phi) is 5.91. The number of halogens is 1. The van der Waals surface area contributed by atoms with E-state index in [9.17, 15) is 9.59 Å². The molecule has 7 heteroatoms. The number of carbonyl (C=O) groups excluding carboxylic acids is 2. The van der Waals surface area contributed by atoms with Crippen LogP contribution in [0.5, 0.6) is 0 Å². The van der Waals surface area contributed by atoms with Gasteiger partial charge in [-0.2, -0.15) is 5.26 Å². The van der Waals surface area contributed by atoms with Gasteiger partial charge in [0.2, 0.25) is 11.8 Å². The smallest absolute Gasteiger partial charge is 0.228 e. The van der Waals surface area contributed by atoms with Crippen LogP contribution in [0.4, 0.5) is 11.4 Å². The fraction of sp³-hybridized carbons (Fsp3) is 0.348. The van der Waals surface area contributed by atoms with Crippen LogP contribution in [0.25, 0.3) is 0 Å². The summed E-state index contributed by atoms with van der Waals surface area (Å²) in [4.78, 5) is 31.5. The summed E-state index contributed by atoms with van der Waals surface area (Å²) in [5.41, 5.74) is 2.48. The van der Waals surface area contributed by atoms with Gasteiger partial charge >= 0.3 is 0 Å². The lowest BCUT2D eigenvalue weighted by molar-refractivity contribution is -0.135. The highest BCUT2D eigenvalue weighted by molar-refractivity contribution is 6.30. The van der Waals surface area contributed by atoms with Gasteiger partial charge in [-0.05, 0) is 55.0 Å². The maximum absolute atomic E-state index is 13.1. The molecule has 0 saturated carbocycles. The number of rotatable bonds is 3. The molecular formula is C23H23ClN4O2. The molecule has 2 heterocycles. The molecule has 2 saturated heterocycles. The van der Waals surface area contributed by atoms with E-state index >= 15 is 0 Å². The Morgan fingerprint density at radius 3 is 2.37 bits per heavy atom. The maximum atomic E-state index is 13.1. The number of amides is 2. The van der Waals surface area contributed by atoms with Gasteiger partial charge in [-0.1, -0.05) is 11.6 Å². The van der Waals surface area contributed by atoms with E-state index in [1.807, 2.05) is 41.3 Å². The predicted octanol–water partition coefficient (Wildman–Crippen LogP) is 3.30. The van der Waals surface area contributed by atoms with E-state index in [4.69, 9.17) is 16.9 Å². The summed E-state index contributed by atoms with van der Waals surface area (Å²) in [6.07, 6.45) is 1.12. The average molecular weight is 423 g/mol. The first-order valence-electron chi connectivity index (χ1n) is 10.1. The van der Waals surface area contributed by atoms with Crippen molar-refractivity contribution in [2.45, 2.75) is 12.8 Å². The molecule has 2 aromatic carbocycles. The molecule has 154 valence electrons. The van der Waals surface area contributed by atoms with Crippen molar-refractivity contribution < 1.29 is 9.59 Å². The predicted molar refractivity (Wildman–Crippen MR) is 116 cm³/mol. The molecule has 0 N–H and O–H groups in total. The number of anilines is 2. The largest absolute Gasteiger partial charge is 0.370 e. The number of benzene rings is 2. The van der Waals surface area contributed by atoms with Gasteiger partial charge in [-0.3, -0.25) is 9.59 Å². The standard InChI is InChI=1S/C23H23ClN4O2/c24-19-4-8-21(9-5-19)28-16-18(14-22(28)29)23(30)27-11-1-10-26(12-13-27)20-6-2-17(15-25)3-7-20/h2-9,18H,1,10-14,16H2. The SMILES string of the molecule is N#Cc1ccc(N2CCCN(C(=O)C3CC(=O)N(c4ccc(Cl)cc4)C3)CC2)cc1. The van der Waals surface area contributed by atoms with Gasteiger partial charge in [-0.25, -0.2) is 0 Å². The van der Waals surface area contributed by atoms with Crippen LogP contribution in [0.1, 0.15) is 18.4 Å². The highest BCUT2D eigenvalue weighted by atomic mass is 35.5. The molecule has 2 aromatic rings. The number of hydrogen-bond donors (Lipinski definition) is 0. The lowest BCUT2D eigenvalue weighted by Gasteiger charge is -2.25. The maximum Gasteiger partial charge on any atom is 0.228 e. The van der Waals surface area contributed by atoms with Crippen LogP contribution in [-0.4, -0.2) is 49.4 Å². The molecule has 0 radical (unpaired) electrons. The Morgan fingerprint density at radius 1 is 0.967 bits per heavy atom. The summed E-state index contributed by atoms with van der Waals surface area (Å²) in [6.45, 7) is 3.33. The van der Waals surface area contributed by atoms with Crippen molar-refractivity contribution in [1.29, 1.82) is 5.26 Å². The monoisotopic (exact) mass is 422 g/mol. The first-order chi connectivity index (χ1) is 14.5. The summed E-state index contributed by atoms with van der Waals surface area (Å²) >= 11 is 5.94. The van der Waals surface area contributed by atoms with Crippen LogP contribution in [-0.2, 0) is 9.59 Å². The van der Waals surface area contributed by atoms with Crippen LogP contribution in [0.3, 0.4) is 0 Å². The molecular weight excluding hydrogens is 400 g/mol. The number of nitriles is 1. The number of nitrogens with zero attached hydrogens (tertiary/aromatic N) is 4. The zero-order chi connectivity index (χ0) is 21.1. The minimum atomic E-state index is -0.311. The molecule has 0 aromatic heterocycles. The van der Waals surface area contributed by atoms with Crippen LogP contribution in [0.2, 0.25) is 5.02 Å². The Balaban J connectivity index is 1.38. The highest BCUT2D eigenvalue weighted by Crippen LogP contribution is 2.28. The van der Waals surface area contributed by atoms with Crippen LogP contribution >= 0.6 is 11.6 Å². The van der Waals surface area contributed by atoms with Crippen molar-refractivity contribution >= 4 is 34.8 Å². The molecule has 0 aliphatic carbocycles. The minimum absolute atomic E-state index is 0.0234. The lowest BCUT2D eigenvalue weighted by Crippen LogP contribution is -2.40. The van der Waals surface area contributed by atoms with Crippen molar-refractivity contribution in [3.05, 3.63) is 59.1 Å². The summed E-state index contributed by atoms with van der Waals surface area (Å²) in [5.74, 6) is -0.277.